The topological polar surface area (TPSA) is 64.4 Å². The van der Waals surface area contributed by atoms with Crippen molar-refractivity contribution in [2.75, 3.05) is 11.9 Å². The lowest BCUT2D eigenvalue weighted by Crippen LogP contribution is -2.20. The van der Waals surface area contributed by atoms with Crippen LogP contribution in [0, 0.1) is 6.92 Å². The van der Waals surface area contributed by atoms with Gasteiger partial charge in [-0.2, -0.15) is 0 Å². The number of aromatic nitrogens is 1. The number of carbonyl (C=O) groups is 1. The van der Waals surface area contributed by atoms with E-state index < -0.39 is 0 Å². The van der Waals surface area contributed by atoms with E-state index >= 15 is 0 Å². The molecule has 0 bridgehead atoms. The fraction of sp³-hybridized carbons (Fsp3) is 0.0769. The molecule has 5 heteroatoms. The average molecular weight is 408 g/mol. The van der Waals surface area contributed by atoms with Gasteiger partial charge >= 0.3 is 0 Å². The second-order valence-corrected chi connectivity index (χ2v) is 7.41. The molecule has 5 nitrogen and oxygen atoms in total. The van der Waals surface area contributed by atoms with Crippen molar-refractivity contribution in [2.24, 2.45) is 0 Å². The highest BCUT2D eigenvalue weighted by molar-refractivity contribution is 5.94. The number of benzene rings is 4. The molecule has 0 spiro atoms. The fourth-order valence-electron chi connectivity index (χ4n) is 3.43. The number of aryl methyl sites for hydroxylation is 1. The van der Waals surface area contributed by atoms with E-state index in [0.29, 0.717) is 28.4 Å². The van der Waals surface area contributed by atoms with Crippen molar-refractivity contribution < 1.29 is 13.9 Å². The van der Waals surface area contributed by atoms with Gasteiger partial charge in [0.15, 0.2) is 12.2 Å². The predicted molar refractivity (Wildman–Crippen MR) is 122 cm³/mol. The van der Waals surface area contributed by atoms with E-state index in [4.69, 9.17) is 9.15 Å². The summed E-state index contributed by atoms with van der Waals surface area (Å²) >= 11 is 0. The standard InChI is InChI=1S/C26H20N2O3/c1-17-6-8-19(9-7-17)26-28-23-15-21(11-13-24(23)31-26)27-25(29)16-30-22-12-10-18-4-2-3-5-20(18)14-22/h2-15H,16H2,1H3,(H,27,29). The molecule has 1 amide bonds. The van der Waals surface area contributed by atoms with Crippen LogP contribution in [-0.2, 0) is 4.79 Å². The zero-order chi connectivity index (χ0) is 21.2. The second kappa shape index (κ2) is 7.95. The number of oxazole rings is 1. The van der Waals surface area contributed by atoms with Crippen molar-refractivity contribution in [1.82, 2.24) is 4.98 Å². The number of rotatable bonds is 5. The molecule has 1 heterocycles. The summed E-state index contributed by atoms with van der Waals surface area (Å²) in [5.41, 5.74) is 4.08. The van der Waals surface area contributed by atoms with Gasteiger partial charge in [-0.15, -0.1) is 0 Å². The van der Waals surface area contributed by atoms with Crippen molar-refractivity contribution in [3.8, 4) is 17.2 Å². The highest BCUT2D eigenvalue weighted by Crippen LogP contribution is 2.26. The maximum absolute atomic E-state index is 12.4. The number of amides is 1. The molecule has 0 atom stereocenters. The van der Waals surface area contributed by atoms with Crippen LogP contribution in [0.3, 0.4) is 0 Å². The average Bonchev–Trinajstić information content (AvgIpc) is 3.21. The summed E-state index contributed by atoms with van der Waals surface area (Å²) in [5, 5.41) is 5.05. The molecular formula is C26H20N2O3. The molecule has 0 aliphatic heterocycles. The van der Waals surface area contributed by atoms with Gasteiger partial charge in [0.2, 0.25) is 5.89 Å². The number of hydrogen-bond acceptors (Lipinski definition) is 4. The molecule has 1 aromatic heterocycles. The van der Waals surface area contributed by atoms with Crippen molar-refractivity contribution >= 4 is 33.5 Å². The minimum absolute atomic E-state index is 0.0796. The third-order valence-corrected chi connectivity index (χ3v) is 5.06. The van der Waals surface area contributed by atoms with Gasteiger partial charge in [0.05, 0.1) is 0 Å². The Hall–Kier alpha value is -4.12. The van der Waals surface area contributed by atoms with Crippen LogP contribution in [0.5, 0.6) is 5.75 Å². The largest absolute Gasteiger partial charge is 0.484 e. The van der Waals surface area contributed by atoms with E-state index in [0.717, 1.165) is 16.3 Å². The first-order chi connectivity index (χ1) is 15.1. The molecule has 0 unspecified atom stereocenters. The third-order valence-electron chi connectivity index (χ3n) is 5.06. The van der Waals surface area contributed by atoms with Gasteiger partial charge in [-0.1, -0.05) is 48.0 Å². The van der Waals surface area contributed by atoms with Crippen LogP contribution >= 0.6 is 0 Å². The number of fused-ring (bicyclic) bond motifs is 2. The minimum atomic E-state index is -0.241. The van der Waals surface area contributed by atoms with E-state index in [2.05, 4.69) is 10.3 Å². The van der Waals surface area contributed by atoms with Gasteiger partial charge in [-0.3, -0.25) is 4.79 Å². The Kier molecular flexibility index (Phi) is 4.84. The third kappa shape index (κ3) is 4.12. The van der Waals surface area contributed by atoms with Crippen LogP contribution in [0.2, 0.25) is 0 Å². The lowest BCUT2D eigenvalue weighted by atomic mass is 10.1. The van der Waals surface area contributed by atoms with E-state index in [1.807, 2.05) is 73.7 Å². The Morgan fingerprint density at radius 1 is 0.935 bits per heavy atom. The van der Waals surface area contributed by atoms with E-state index in [9.17, 15) is 4.79 Å². The first-order valence-corrected chi connectivity index (χ1v) is 10.0. The maximum Gasteiger partial charge on any atom is 0.262 e. The quantitative estimate of drug-likeness (QED) is 0.389. The highest BCUT2D eigenvalue weighted by atomic mass is 16.5. The number of carbonyl (C=O) groups excluding carboxylic acids is 1. The van der Waals surface area contributed by atoms with Crippen LogP contribution in [-0.4, -0.2) is 17.5 Å². The number of nitrogens with one attached hydrogen (secondary N) is 1. The molecule has 152 valence electrons. The monoisotopic (exact) mass is 408 g/mol. The van der Waals surface area contributed by atoms with E-state index in [1.54, 1.807) is 18.2 Å². The summed E-state index contributed by atoms with van der Waals surface area (Å²) in [6.07, 6.45) is 0. The maximum atomic E-state index is 12.4. The lowest BCUT2D eigenvalue weighted by molar-refractivity contribution is -0.118. The van der Waals surface area contributed by atoms with Crippen LogP contribution in [0.15, 0.2) is 89.3 Å². The molecule has 0 aliphatic rings. The molecule has 5 rings (SSSR count). The smallest absolute Gasteiger partial charge is 0.262 e. The summed E-state index contributed by atoms with van der Waals surface area (Å²) < 4.78 is 11.5. The summed E-state index contributed by atoms with van der Waals surface area (Å²) in [7, 11) is 0. The first kappa shape index (κ1) is 18.9. The Labute approximate surface area is 179 Å². The van der Waals surface area contributed by atoms with Gasteiger partial charge in [0.1, 0.15) is 11.3 Å². The summed E-state index contributed by atoms with van der Waals surface area (Å²) in [4.78, 5) is 16.9. The number of hydrogen-bond donors (Lipinski definition) is 1. The van der Waals surface area contributed by atoms with Crippen LogP contribution in [0.4, 0.5) is 5.69 Å². The highest BCUT2D eigenvalue weighted by Gasteiger charge is 2.10. The van der Waals surface area contributed by atoms with E-state index in [1.165, 1.54) is 5.56 Å². The van der Waals surface area contributed by atoms with Gasteiger partial charge in [0.25, 0.3) is 5.91 Å². The van der Waals surface area contributed by atoms with Gasteiger partial charge in [0, 0.05) is 11.3 Å². The van der Waals surface area contributed by atoms with E-state index in [-0.39, 0.29) is 12.5 Å². The van der Waals surface area contributed by atoms with Crippen LogP contribution < -0.4 is 10.1 Å². The Bertz CT molecular complexity index is 1390. The Morgan fingerprint density at radius 3 is 2.58 bits per heavy atom. The Morgan fingerprint density at radius 2 is 1.74 bits per heavy atom. The molecule has 4 aromatic carbocycles. The number of ether oxygens (including phenoxy) is 1. The van der Waals surface area contributed by atoms with Crippen molar-refractivity contribution in [3.63, 3.8) is 0 Å². The molecule has 0 saturated carbocycles. The second-order valence-electron chi connectivity index (χ2n) is 7.41. The fourth-order valence-corrected chi connectivity index (χ4v) is 3.43. The molecule has 0 radical (unpaired) electrons. The normalized spacial score (nSPS) is 11.0. The molecule has 5 aromatic rings. The van der Waals surface area contributed by atoms with Crippen molar-refractivity contribution in [2.45, 2.75) is 6.92 Å². The van der Waals surface area contributed by atoms with Gasteiger partial charge in [-0.25, -0.2) is 4.98 Å². The SMILES string of the molecule is Cc1ccc(-c2nc3cc(NC(=O)COc4ccc5ccccc5c4)ccc3o2)cc1. The summed E-state index contributed by atoms with van der Waals surface area (Å²) in [6, 6.07) is 27.2. The first-order valence-electron chi connectivity index (χ1n) is 10.0. The molecule has 0 aliphatic carbocycles. The summed E-state index contributed by atoms with van der Waals surface area (Å²) in [6.45, 7) is 1.96. The lowest BCUT2D eigenvalue weighted by Gasteiger charge is -2.08. The van der Waals surface area contributed by atoms with Gasteiger partial charge < -0.3 is 14.5 Å². The minimum Gasteiger partial charge on any atom is -0.484 e. The van der Waals surface area contributed by atoms with Crippen molar-refractivity contribution in [3.05, 3.63) is 90.5 Å². The molecule has 1 N–H and O–H groups in total. The molecule has 31 heavy (non-hydrogen) atoms. The predicted octanol–water partition coefficient (Wildman–Crippen LogP) is 5.97. The van der Waals surface area contributed by atoms with Crippen LogP contribution in [0.25, 0.3) is 33.3 Å². The molecule has 0 saturated heterocycles. The zero-order valence-electron chi connectivity index (χ0n) is 17.0. The molecule has 0 fully saturated rings. The zero-order valence-corrected chi connectivity index (χ0v) is 17.0. The van der Waals surface area contributed by atoms with Gasteiger partial charge in [-0.05, 0) is 60.2 Å². The van der Waals surface area contributed by atoms with Crippen LogP contribution in [0.1, 0.15) is 5.56 Å². The number of anilines is 1. The molecular weight excluding hydrogens is 388 g/mol. The number of nitrogens with zero attached hydrogens (tertiary/aromatic N) is 1. The van der Waals surface area contributed by atoms with Crippen molar-refractivity contribution in [1.29, 1.82) is 0 Å². The Balaban J connectivity index is 1.26. The summed E-state index contributed by atoms with van der Waals surface area (Å²) in [5.74, 6) is 0.969.